The molecule has 2 rings (SSSR count). The second-order valence-corrected chi connectivity index (χ2v) is 7.54. The van der Waals surface area contributed by atoms with E-state index in [0.717, 1.165) is 5.56 Å². The maximum atomic E-state index is 12.8. The fourth-order valence-electron chi connectivity index (χ4n) is 2.82. The molecule has 0 unspecified atom stereocenters. The molecule has 1 fully saturated rings. The lowest BCUT2D eigenvalue weighted by Crippen LogP contribution is -2.61. The third-order valence-electron chi connectivity index (χ3n) is 4.23. The highest BCUT2D eigenvalue weighted by atomic mass is 16.6. The average molecular weight is 378 g/mol. The molecule has 1 aromatic rings. The SMILES string of the molecule is CC(C)(C)OC(=O)NC1(C(=O)OCc2ccccc2)CCN(C(=O)O)CC1. The van der Waals surface area contributed by atoms with Gasteiger partial charge in [0, 0.05) is 13.1 Å². The van der Waals surface area contributed by atoms with Gasteiger partial charge in [-0.15, -0.1) is 0 Å². The first-order valence-corrected chi connectivity index (χ1v) is 8.81. The molecule has 2 N–H and O–H groups in total. The van der Waals surface area contributed by atoms with Crippen molar-refractivity contribution in [3.8, 4) is 0 Å². The summed E-state index contributed by atoms with van der Waals surface area (Å²) in [6, 6.07) is 9.19. The van der Waals surface area contributed by atoms with E-state index < -0.39 is 29.3 Å². The first-order chi connectivity index (χ1) is 12.6. The summed E-state index contributed by atoms with van der Waals surface area (Å²) in [4.78, 5) is 37.4. The topological polar surface area (TPSA) is 105 Å². The van der Waals surface area contributed by atoms with Crippen molar-refractivity contribution in [1.29, 1.82) is 0 Å². The maximum absolute atomic E-state index is 12.8. The van der Waals surface area contributed by atoms with Crippen molar-refractivity contribution in [3.05, 3.63) is 35.9 Å². The molecule has 0 spiro atoms. The van der Waals surface area contributed by atoms with Gasteiger partial charge in [0.25, 0.3) is 0 Å². The molecule has 0 radical (unpaired) electrons. The number of piperidine rings is 1. The summed E-state index contributed by atoms with van der Waals surface area (Å²) in [5.74, 6) is -0.595. The summed E-state index contributed by atoms with van der Waals surface area (Å²) >= 11 is 0. The van der Waals surface area contributed by atoms with Gasteiger partial charge < -0.3 is 24.8 Å². The quantitative estimate of drug-likeness (QED) is 0.781. The molecular formula is C19H26N2O6. The number of carbonyl (C=O) groups is 3. The molecule has 0 bridgehead atoms. The normalized spacial score (nSPS) is 16.3. The second kappa shape index (κ2) is 8.28. The Labute approximate surface area is 158 Å². The molecule has 8 heteroatoms. The van der Waals surface area contributed by atoms with Crippen LogP contribution in [0.3, 0.4) is 0 Å². The Bertz CT molecular complexity index is 675. The summed E-state index contributed by atoms with van der Waals surface area (Å²) < 4.78 is 10.7. The maximum Gasteiger partial charge on any atom is 0.408 e. The van der Waals surface area contributed by atoms with Gasteiger partial charge in [-0.05, 0) is 39.2 Å². The van der Waals surface area contributed by atoms with Gasteiger partial charge >= 0.3 is 18.2 Å². The van der Waals surface area contributed by atoms with E-state index in [1.165, 1.54) is 4.90 Å². The number of esters is 1. The van der Waals surface area contributed by atoms with Crippen LogP contribution in [0.4, 0.5) is 9.59 Å². The van der Waals surface area contributed by atoms with Crippen molar-refractivity contribution in [2.75, 3.05) is 13.1 Å². The van der Waals surface area contributed by atoms with Gasteiger partial charge in [0.1, 0.15) is 17.7 Å². The van der Waals surface area contributed by atoms with Crippen LogP contribution in [0.15, 0.2) is 30.3 Å². The molecule has 2 amide bonds. The van der Waals surface area contributed by atoms with E-state index in [2.05, 4.69) is 5.32 Å². The van der Waals surface area contributed by atoms with Crippen molar-refractivity contribution < 1.29 is 29.0 Å². The van der Waals surface area contributed by atoms with Crippen LogP contribution in [0.25, 0.3) is 0 Å². The Morgan fingerprint density at radius 1 is 1.15 bits per heavy atom. The average Bonchev–Trinajstić information content (AvgIpc) is 2.59. The summed E-state index contributed by atoms with van der Waals surface area (Å²) in [5.41, 5.74) is -1.22. The minimum absolute atomic E-state index is 0.0695. The zero-order valence-electron chi connectivity index (χ0n) is 15.9. The molecule has 0 atom stereocenters. The van der Waals surface area contributed by atoms with Gasteiger partial charge in [0.15, 0.2) is 0 Å². The van der Waals surface area contributed by atoms with Crippen LogP contribution < -0.4 is 5.32 Å². The van der Waals surface area contributed by atoms with Crippen molar-refractivity contribution in [2.45, 2.75) is 51.4 Å². The Kier molecular flexibility index (Phi) is 6.30. The van der Waals surface area contributed by atoms with Crippen molar-refractivity contribution >= 4 is 18.2 Å². The Morgan fingerprint density at radius 3 is 2.26 bits per heavy atom. The molecule has 0 saturated carbocycles. The Hall–Kier alpha value is -2.77. The zero-order valence-corrected chi connectivity index (χ0v) is 15.9. The largest absolute Gasteiger partial charge is 0.465 e. The number of hydrogen-bond acceptors (Lipinski definition) is 5. The van der Waals surface area contributed by atoms with Crippen LogP contribution in [0.1, 0.15) is 39.2 Å². The van der Waals surface area contributed by atoms with E-state index in [0.29, 0.717) is 0 Å². The molecule has 1 aliphatic rings. The molecule has 148 valence electrons. The minimum atomic E-state index is -1.32. The van der Waals surface area contributed by atoms with Gasteiger partial charge in [0.05, 0.1) is 0 Å². The number of amides is 2. The fourth-order valence-corrected chi connectivity index (χ4v) is 2.82. The lowest BCUT2D eigenvalue weighted by molar-refractivity contribution is -0.155. The molecule has 1 aromatic carbocycles. The van der Waals surface area contributed by atoms with Crippen LogP contribution in [0.2, 0.25) is 0 Å². The number of likely N-dealkylation sites (tertiary alicyclic amines) is 1. The summed E-state index contributed by atoms with van der Waals surface area (Å²) in [5, 5.41) is 11.8. The molecule has 0 aliphatic carbocycles. The lowest BCUT2D eigenvalue weighted by Gasteiger charge is -2.39. The Morgan fingerprint density at radius 2 is 1.74 bits per heavy atom. The molecular weight excluding hydrogens is 352 g/mol. The lowest BCUT2D eigenvalue weighted by atomic mass is 9.87. The number of alkyl carbamates (subject to hydrolysis) is 1. The van der Waals surface area contributed by atoms with E-state index in [1.54, 1.807) is 20.8 Å². The van der Waals surface area contributed by atoms with E-state index in [4.69, 9.17) is 14.6 Å². The molecule has 1 heterocycles. The van der Waals surface area contributed by atoms with Crippen molar-refractivity contribution in [1.82, 2.24) is 10.2 Å². The number of nitrogens with one attached hydrogen (secondary N) is 1. The summed E-state index contributed by atoms with van der Waals surface area (Å²) in [7, 11) is 0. The number of rotatable bonds is 4. The van der Waals surface area contributed by atoms with Gasteiger partial charge in [-0.3, -0.25) is 0 Å². The first-order valence-electron chi connectivity index (χ1n) is 8.81. The van der Waals surface area contributed by atoms with Crippen LogP contribution in [-0.4, -0.2) is 52.4 Å². The third kappa shape index (κ3) is 5.87. The van der Waals surface area contributed by atoms with Crippen molar-refractivity contribution in [2.24, 2.45) is 0 Å². The van der Waals surface area contributed by atoms with E-state index >= 15 is 0 Å². The van der Waals surface area contributed by atoms with Crippen molar-refractivity contribution in [3.63, 3.8) is 0 Å². The van der Waals surface area contributed by atoms with Crippen LogP contribution in [-0.2, 0) is 20.9 Å². The number of nitrogens with zero attached hydrogens (tertiary/aromatic N) is 1. The van der Waals surface area contributed by atoms with Gasteiger partial charge in [-0.2, -0.15) is 0 Å². The van der Waals surface area contributed by atoms with Gasteiger partial charge in [0.2, 0.25) is 0 Å². The van der Waals surface area contributed by atoms with E-state index in [9.17, 15) is 14.4 Å². The minimum Gasteiger partial charge on any atom is -0.465 e. The first kappa shape index (κ1) is 20.5. The van der Waals surface area contributed by atoms with Crippen LogP contribution in [0.5, 0.6) is 0 Å². The number of benzene rings is 1. The number of carboxylic acid groups (broad SMARTS) is 1. The van der Waals surface area contributed by atoms with Gasteiger partial charge in [-0.25, -0.2) is 14.4 Å². The number of ether oxygens (including phenoxy) is 2. The molecule has 1 saturated heterocycles. The molecule has 27 heavy (non-hydrogen) atoms. The zero-order chi connectivity index (χ0) is 20.1. The standard InChI is InChI=1S/C19H26N2O6/c1-18(2,3)27-16(23)20-19(9-11-21(12-10-19)17(24)25)15(22)26-13-14-7-5-4-6-8-14/h4-8H,9-13H2,1-3H3,(H,20,23)(H,24,25). The smallest absolute Gasteiger partial charge is 0.408 e. The van der Waals surface area contributed by atoms with E-state index in [1.807, 2.05) is 30.3 Å². The van der Waals surface area contributed by atoms with Crippen LogP contribution >= 0.6 is 0 Å². The van der Waals surface area contributed by atoms with Gasteiger partial charge in [-0.1, -0.05) is 30.3 Å². The molecule has 8 nitrogen and oxygen atoms in total. The Balaban J connectivity index is 2.10. The second-order valence-electron chi connectivity index (χ2n) is 7.54. The number of carbonyl (C=O) groups excluding carboxylic acids is 2. The van der Waals surface area contributed by atoms with E-state index in [-0.39, 0.29) is 32.5 Å². The monoisotopic (exact) mass is 378 g/mol. The molecule has 0 aromatic heterocycles. The highest BCUT2D eigenvalue weighted by molar-refractivity contribution is 5.86. The summed E-state index contributed by atoms with van der Waals surface area (Å²) in [6.45, 7) is 5.47. The predicted octanol–water partition coefficient (Wildman–Crippen LogP) is 2.77. The number of hydrogen-bond donors (Lipinski definition) is 2. The molecule has 1 aliphatic heterocycles. The third-order valence-corrected chi connectivity index (χ3v) is 4.23. The summed E-state index contributed by atoms with van der Waals surface area (Å²) in [6.07, 6.45) is -1.56. The fraction of sp³-hybridized carbons (Fsp3) is 0.526. The highest BCUT2D eigenvalue weighted by Crippen LogP contribution is 2.25. The van der Waals surface area contributed by atoms with Crippen LogP contribution in [0, 0.1) is 0 Å². The predicted molar refractivity (Wildman–Crippen MR) is 97.2 cm³/mol. The highest BCUT2D eigenvalue weighted by Gasteiger charge is 2.46.